The zero-order valence-corrected chi connectivity index (χ0v) is 16.3. The molecule has 138 valence electrons. The third-order valence-corrected chi connectivity index (χ3v) is 4.85. The van der Waals surface area contributed by atoms with Gasteiger partial charge in [0.2, 0.25) is 0 Å². The third-order valence-electron chi connectivity index (χ3n) is 3.72. The number of aryl methyl sites for hydroxylation is 1. The Bertz CT molecular complexity index is 987. The first-order valence-corrected chi connectivity index (χ1v) is 9.48. The smallest absolute Gasteiger partial charge is 0.358 e. The number of esters is 1. The van der Waals surface area contributed by atoms with Crippen molar-refractivity contribution in [1.29, 1.82) is 0 Å². The number of thiazole rings is 1. The minimum absolute atomic E-state index is 0.158. The van der Waals surface area contributed by atoms with Crippen LogP contribution in [0, 0.1) is 6.92 Å². The van der Waals surface area contributed by atoms with Gasteiger partial charge in [0.25, 0.3) is 5.91 Å². The number of hydrogen-bond acceptors (Lipinski definition) is 5. The van der Waals surface area contributed by atoms with Crippen LogP contribution in [-0.2, 0) is 9.53 Å². The van der Waals surface area contributed by atoms with Crippen molar-refractivity contribution in [3.05, 3.63) is 70.2 Å². The van der Waals surface area contributed by atoms with E-state index in [2.05, 4.69) is 10.3 Å². The molecule has 3 aromatic rings. The maximum atomic E-state index is 12.3. The van der Waals surface area contributed by atoms with Crippen LogP contribution in [0.2, 0.25) is 5.02 Å². The molecule has 0 bridgehead atoms. The van der Waals surface area contributed by atoms with Gasteiger partial charge in [0.05, 0.1) is 0 Å². The molecule has 0 fully saturated rings. The van der Waals surface area contributed by atoms with Gasteiger partial charge in [-0.1, -0.05) is 35.9 Å². The number of benzene rings is 2. The zero-order chi connectivity index (χ0) is 19.4. The van der Waals surface area contributed by atoms with Crippen molar-refractivity contribution in [2.75, 3.05) is 5.32 Å². The molecule has 7 heteroatoms. The largest absolute Gasteiger partial charge is 0.448 e. The average Bonchev–Trinajstić information content (AvgIpc) is 3.12. The number of ether oxygens (including phenoxy) is 1. The van der Waals surface area contributed by atoms with E-state index >= 15 is 0 Å². The molecule has 0 aliphatic heterocycles. The Morgan fingerprint density at radius 3 is 2.70 bits per heavy atom. The zero-order valence-electron chi connectivity index (χ0n) is 14.7. The molecule has 0 aliphatic carbocycles. The molecule has 0 radical (unpaired) electrons. The molecule has 0 saturated carbocycles. The van der Waals surface area contributed by atoms with Crippen LogP contribution in [0.3, 0.4) is 0 Å². The molecule has 1 atom stereocenters. The fourth-order valence-corrected chi connectivity index (χ4v) is 3.34. The van der Waals surface area contributed by atoms with Crippen LogP contribution in [0.4, 0.5) is 5.69 Å². The number of aromatic nitrogens is 1. The van der Waals surface area contributed by atoms with Crippen LogP contribution in [-0.4, -0.2) is 23.0 Å². The molecule has 1 aromatic heterocycles. The van der Waals surface area contributed by atoms with Gasteiger partial charge >= 0.3 is 5.97 Å². The van der Waals surface area contributed by atoms with Gasteiger partial charge < -0.3 is 10.1 Å². The molecule has 1 heterocycles. The lowest BCUT2D eigenvalue weighted by molar-refractivity contribution is -0.123. The predicted octanol–water partition coefficient (Wildman–Crippen LogP) is 4.96. The minimum atomic E-state index is -0.950. The van der Waals surface area contributed by atoms with E-state index in [4.69, 9.17) is 16.3 Å². The van der Waals surface area contributed by atoms with E-state index in [9.17, 15) is 9.59 Å². The second-order valence-corrected chi connectivity index (χ2v) is 7.25. The fourth-order valence-electron chi connectivity index (χ4n) is 2.36. The summed E-state index contributed by atoms with van der Waals surface area (Å²) in [5, 5.41) is 5.57. The summed E-state index contributed by atoms with van der Waals surface area (Å²) in [6, 6.07) is 14.6. The highest BCUT2D eigenvalue weighted by Crippen LogP contribution is 2.26. The fraction of sp³-hybridized carbons (Fsp3) is 0.150. The van der Waals surface area contributed by atoms with Crippen LogP contribution in [0.1, 0.15) is 23.0 Å². The summed E-state index contributed by atoms with van der Waals surface area (Å²) in [5.41, 5.74) is 2.65. The molecule has 2 aromatic carbocycles. The third kappa shape index (κ3) is 4.93. The number of halogens is 1. The highest BCUT2D eigenvalue weighted by atomic mass is 35.5. The number of carbonyl (C=O) groups excluding carboxylic acids is 2. The molecular weight excluding hydrogens is 384 g/mol. The average molecular weight is 401 g/mol. The summed E-state index contributed by atoms with van der Waals surface area (Å²) < 4.78 is 5.24. The Hall–Kier alpha value is -2.70. The molecule has 0 saturated heterocycles. The quantitative estimate of drug-likeness (QED) is 0.615. The van der Waals surface area contributed by atoms with Gasteiger partial charge in [0.1, 0.15) is 5.01 Å². The maximum Gasteiger partial charge on any atom is 0.358 e. The van der Waals surface area contributed by atoms with Crippen LogP contribution >= 0.6 is 22.9 Å². The first-order valence-electron chi connectivity index (χ1n) is 8.22. The molecule has 27 heavy (non-hydrogen) atoms. The molecule has 3 rings (SSSR count). The second kappa shape index (κ2) is 8.33. The number of rotatable bonds is 5. The van der Waals surface area contributed by atoms with Gasteiger partial charge in [-0.2, -0.15) is 0 Å². The molecule has 1 amide bonds. The first kappa shape index (κ1) is 19.1. The van der Waals surface area contributed by atoms with E-state index in [1.807, 2.05) is 37.3 Å². The number of amides is 1. The number of hydrogen-bond donors (Lipinski definition) is 1. The molecule has 0 spiro atoms. The van der Waals surface area contributed by atoms with Crippen molar-refractivity contribution in [2.24, 2.45) is 0 Å². The monoisotopic (exact) mass is 400 g/mol. The van der Waals surface area contributed by atoms with E-state index in [1.54, 1.807) is 23.6 Å². The Labute approximate surface area is 166 Å². The summed E-state index contributed by atoms with van der Waals surface area (Å²) in [7, 11) is 0. The molecular formula is C20H17ClN2O3S. The summed E-state index contributed by atoms with van der Waals surface area (Å²) >= 11 is 7.29. The lowest BCUT2D eigenvalue weighted by Gasteiger charge is -2.13. The Morgan fingerprint density at radius 2 is 1.96 bits per heavy atom. The summed E-state index contributed by atoms with van der Waals surface area (Å²) in [4.78, 5) is 28.8. The van der Waals surface area contributed by atoms with Gasteiger partial charge in [0, 0.05) is 21.7 Å². The SMILES string of the molecule is Cc1cccc(NC(=O)[C@@H](C)OC(=O)c2csc(-c3cccc(Cl)c3)n2)c1. The van der Waals surface area contributed by atoms with Gasteiger partial charge in [-0.3, -0.25) is 4.79 Å². The van der Waals surface area contributed by atoms with E-state index in [-0.39, 0.29) is 5.69 Å². The minimum Gasteiger partial charge on any atom is -0.448 e. The van der Waals surface area contributed by atoms with Crippen molar-refractivity contribution >= 4 is 40.5 Å². The van der Waals surface area contributed by atoms with Crippen LogP contribution in [0.5, 0.6) is 0 Å². The van der Waals surface area contributed by atoms with Gasteiger partial charge in [-0.25, -0.2) is 9.78 Å². The van der Waals surface area contributed by atoms with E-state index in [0.717, 1.165) is 11.1 Å². The highest BCUT2D eigenvalue weighted by Gasteiger charge is 2.21. The van der Waals surface area contributed by atoms with Crippen molar-refractivity contribution in [2.45, 2.75) is 20.0 Å². The highest BCUT2D eigenvalue weighted by molar-refractivity contribution is 7.13. The molecule has 1 N–H and O–H groups in total. The van der Waals surface area contributed by atoms with Crippen molar-refractivity contribution in [3.63, 3.8) is 0 Å². The predicted molar refractivity (Wildman–Crippen MR) is 107 cm³/mol. The normalized spacial score (nSPS) is 11.7. The standard InChI is InChI=1S/C20H17ClN2O3S/c1-12-5-3-8-16(9-12)22-18(24)13(2)26-20(25)17-11-27-19(23-17)14-6-4-7-15(21)10-14/h3-11,13H,1-2H3,(H,22,24)/t13-/m1/s1. The van der Waals surface area contributed by atoms with E-state index in [0.29, 0.717) is 15.7 Å². The lowest BCUT2D eigenvalue weighted by atomic mass is 10.2. The topological polar surface area (TPSA) is 68.3 Å². The van der Waals surface area contributed by atoms with Gasteiger partial charge in [-0.05, 0) is 43.7 Å². The number of carbonyl (C=O) groups is 2. The maximum absolute atomic E-state index is 12.3. The number of anilines is 1. The Balaban J connectivity index is 1.64. The number of nitrogens with zero attached hydrogens (tertiary/aromatic N) is 1. The lowest BCUT2D eigenvalue weighted by Crippen LogP contribution is -2.30. The summed E-state index contributed by atoms with van der Waals surface area (Å²) in [5.74, 6) is -1.05. The number of nitrogens with one attached hydrogen (secondary N) is 1. The first-order chi connectivity index (χ1) is 12.9. The van der Waals surface area contributed by atoms with Gasteiger partial charge in [-0.15, -0.1) is 11.3 Å². The molecule has 0 unspecified atom stereocenters. The van der Waals surface area contributed by atoms with Crippen LogP contribution in [0.15, 0.2) is 53.9 Å². The van der Waals surface area contributed by atoms with Crippen LogP contribution < -0.4 is 5.32 Å². The van der Waals surface area contributed by atoms with Crippen LogP contribution in [0.25, 0.3) is 10.6 Å². The van der Waals surface area contributed by atoms with Crippen molar-refractivity contribution in [3.8, 4) is 10.6 Å². The van der Waals surface area contributed by atoms with E-state index in [1.165, 1.54) is 18.3 Å². The molecule has 0 aliphatic rings. The Morgan fingerprint density at radius 1 is 1.19 bits per heavy atom. The van der Waals surface area contributed by atoms with Crippen molar-refractivity contribution in [1.82, 2.24) is 4.98 Å². The second-order valence-electron chi connectivity index (χ2n) is 5.95. The van der Waals surface area contributed by atoms with E-state index < -0.39 is 18.0 Å². The van der Waals surface area contributed by atoms with Gasteiger partial charge in [0.15, 0.2) is 11.8 Å². The Kier molecular flexibility index (Phi) is 5.88. The van der Waals surface area contributed by atoms with Crippen molar-refractivity contribution < 1.29 is 14.3 Å². The summed E-state index contributed by atoms with van der Waals surface area (Å²) in [6.45, 7) is 3.45. The molecule has 5 nitrogen and oxygen atoms in total. The summed E-state index contributed by atoms with van der Waals surface area (Å²) in [6.07, 6.45) is -0.950.